The van der Waals surface area contributed by atoms with Gasteiger partial charge >= 0.3 is 0 Å². The number of rotatable bonds is 2. The van der Waals surface area contributed by atoms with Crippen LogP contribution in [0.2, 0.25) is 0 Å². The average Bonchev–Trinajstić information content (AvgIpc) is 2.82. The van der Waals surface area contributed by atoms with Crippen molar-refractivity contribution in [3.05, 3.63) is 35.4 Å². The first-order valence-electron chi connectivity index (χ1n) is 7.06. The quantitative estimate of drug-likeness (QED) is 0.781. The van der Waals surface area contributed by atoms with Crippen LogP contribution in [-0.4, -0.2) is 22.9 Å². The van der Waals surface area contributed by atoms with Gasteiger partial charge in [-0.15, -0.1) is 0 Å². The lowest BCUT2D eigenvalue weighted by Crippen LogP contribution is -2.60. The van der Waals surface area contributed by atoms with E-state index in [2.05, 4.69) is 24.0 Å². The Bertz CT molecular complexity index is 460. The standard InChI is InChI=1S/C16H21NO/c1-13-6-2-3-7-14(13)12-15(18)17-11-10-16(17)8-4-5-9-16/h2-3,6-7H,4-5,8-12H2,1H3. The van der Waals surface area contributed by atoms with Crippen LogP contribution in [0.5, 0.6) is 0 Å². The molecule has 3 rings (SSSR count). The molecule has 2 nitrogen and oxygen atoms in total. The van der Waals surface area contributed by atoms with Gasteiger partial charge in [0.25, 0.3) is 0 Å². The smallest absolute Gasteiger partial charge is 0.227 e. The van der Waals surface area contributed by atoms with Crippen LogP contribution >= 0.6 is 0 Å². The van der Waals surface area contributed by atoms with E-state index in [4.69, 9.17) is 0 Å². The first-order valence-corrected chi connectivity index (χ1v) is 7.06. The molecule has 0 bridgehead atoms. The largest absolute Gasteiger partial charge is 0.337 e. The van der Waals surface area contributed by atoms with Gasteiger partial charge in [-0.2, -0.15) is 0 Å². The molecular formula is C16H21NO. The summed E-state index contributed by atoms with van der Waals surface area (Å²) in [4.78, 5) is 14.6. The summed E-state index contributed by atoms with van der Waals surface area (Å²) >= 11 is 0. The number of carbonyl (C=O) groups excluding carboxylic acids is 1. The van der Waals surface area contributed by atoms with Crippen molar-refractivity contribution in [3.63, 3.8) is 0 Å². The summed E-state index contributed by atoms with van der Waals surface area (Å²) in [5.74, 6) is 0.331. The van der Waals surface area contributed by atoms with Crippen molar-refractivity contribution in [3.8, 4) is 0 Å². The van der Waals surface area contributed by atoms with Crippen LogP contribution in [0.3, 0.4) is 0 Å². The van der Waals surface area contributed by atoms with Crippen LogP contribution in [0, 0.1) is 6.92 Å². The van der Waals surface area contributed by atoms with Crippen molar-refractivity contribution >= 4 is 5.91 Å². The van der Waals surface area contributed by atoms with Crippen LogP contribution in [0.1, 0.15) is 43.2 Å². The Balaban J connectivity index is 1.71. The number of hydrogen-bond acceptors (Lipinski definition) is 1. The molecule has 1 spiro atoms. The van der Waals surface area contributed by atoms with Gasteiger partial charge in [-0.05, 0) is 37.3 Å². The van der Waals surface area contributed by atoms with Crippen molar-refractivity contribution in [2.75, 3.05) is 6.54 Å². The van der Waals surface area contributed by atoms with Gasteiger partial charge in [0.15, 0.2) is 0 Å². The van der Waals surface area contributed by atoms with Crippen LogP contribution in [-0.2, 0) is 11.2 Å². The number of carbonyl (C=O) groups is 1. The summed E-state index contributed by atoms with van der Waals surface area (Å²) in [5, 5.41) is 0. The third-order valence-electron chi connectivity index (χ3n) is 4.81. The number of nitrogens with zero attached hydrogens (tertiary/aromatic N) is 1. The Kier molecular flexibility index (Phi) is 2.89. The van der Waals surface area contributed by atoms with Crippen molar-refractivity contribution in [2.45, 2.75) is 51.0 Å². The fourth-order valence-electron chi connectivity index (χ4n) is 3.55. The molecule has 1 amide bonds. The minimum atomic E-state index is 0.264. The summed E-state index contributed by atoms with van der Waals surface area (Å²) in [6.45, 7) is 3.06. The molecule has 1 heterocycles. The molecule has 1 aliphatic carbocycles. The third-order valence-corrected chi connectivity index (χ3v) is 4.81. The van der Waals surface area contributed by atoms with Gasteiger partial charge in [0.1, 0.15) is 0 Å². The van der Waals surface area contributed by atoms with Gasteiger partial charge in [0.2, 0.25) is 5.91 Å². The normalized spacial score (nSPS) is 21.1. The van der Waals surface area contributed by atoms with Gasteiger partial charge in [0.05, 0.1) is 6.42 Å². The molecule has 0 atom stereocenters. The molecule has 0 N–H and O–H groups in total. The van der Waals surface area contributed by atoms with Crippen LogP contribution in [0.15, 0.2) is 24.3 Å². The fraction of sp³-hybridized carbons (Fsp3) is 0.562. The van der Waals surface area contributed by atoms with E-state index in [9.17, 15) is 4.79 Å². The number of likely N-dealkylation sites (tertiary alicyclic amines) is 1. The zero-order chi connectivity index (χ0) is 12.6. The first kappa shape index (κ1) is 11.8. The van der Waals surface area contributed by atoms with E-state index in [1.54, 1.807) is 0 Å². The number of aryl methyl sites for hydroxylation is 1. The van der Waals surface area contributed by atoms with E-state index >= 15 is 0 Å². The maximum absolute atomic E-state index is 12.4. The van der Waals surface area contributed by atoms with E-state index in [-0.39, 0.29) is 5.54 Å². The van der Waals surface area contributed by atoms with Crippen molar-refractivity contribution in [1.82, 2.24) is 4.90 Å². The summed E-state index contributed by atoms with van der Waals surface area (Å²) < 4.78 is 0. The molecule has 0 radical (unpaired) electrons. The highest BCUT2D eigenvalue weighted by Gasteiger charge is 2.48. The second-order valence-corrected chi connectivity index (χ2v) is 5.83. The average molecular weight is 243 g/mol. The molecule has 18 heavy (non-hydrogen) atoms. The fourth-order valence-corrected chi connectivity index (χ4v) is 3.55. The van der Waals surface area contributed by atoms with Gasteiger partial charge in [-0.1, -0.05) is 37.1 Å². The molecule has 2 heteroatoms. The second kappa shape index (κ2) is 4.42. The van der Waals surface area contributed by atoms with E-state index in [1.165, 1.54) is 43.2 Å². The van der Waals surface area contributed by atoms with Gasteiger partial charge in [-0.3, -0.25) is 4.79 Å². The Morgan fingerprint density at radius 3 is 2.56 bits per heavy atom. The lowest BCUT2D eigenvalue weighted by atomic mass is 9.82. The first-order chi connectivity index (χ1) is 8.71. The third kappa shape index (κ3) is 1.84. The molecule has 2 fully saturated rings. The maximum atomic E-state index is 12.4. The van der Waals surface area contributed by atoms with Gasteiger partial charge in [0, 0.05) is 12.1 Å². The minimum absolute atomic E-state index is 0.264. The van der Waals surface area contributed by atoms with Crippen molar-refractivity contribution in [1.29, 1.82) is 0 Å². The molecule has 1 saturated heterocycles. The molecule has 1 aliphatic heterocycles. The molecule has 0 unspecified atom stereocenters. The predicted octanol–water partition coefficient (Wildman–Crippen LogP) is 3.08. The number of hydrogen-bond donors (Lipinski definition) is 0. The van der Waals surface area contributed by atoms with Crippen molar-refractivity contribution in [2.24, 2.45) is 0 Å². The summed E-state index contributed by atoms with van der Waals surface area (Å²) in [6, 6.07) is 8.22. The van der Waals surface area contributed by atoms with E-state index in [0.717, 1.165) is 6.54 Å². The van der Waals surface area contributed by atoms with Crippen molar-refractivity contribution < 1.29 is 4.79 Å². The molecule has 2 aliphatic rings. The van der Waals surface area contributed by atoms with E-state index < -0.39 is 0 Å². The highest BCUT2D eigenvalue weighted by Crippen LogP contribution is 2.44. The number of benzene rings is 1. The van der Waals surface area contributed by atoms with Gasteiger partial charge in [-0.25, -0.2) is 0 Å². The van der Waals surface area contributed by atoms with E-state index in [1.807, 2.05) is 12.1 Å². The van der Waals surface area contributed by atoms with Crippen LogP contribution in [0.25, 0.3) is 0 Å². The Morgan fingerprint density at radius 2 is 1.94 bits per heavy atom. The molecular weight excluding hydrogens is 222 g/mol. The molecule has 0 aromatic heterocycles. The topological polar surface area (TPSA) is 20.3 Å². The lowest BCUT2D eigenvalue weighted by Gasteiger charge is -2.51. The van der Waals surface area contributed by atoms with Crippen LogP contribution < -0.4 is 0 Å². The summed E-state index contributed by atoms with van der Waals surface area (Å²) in [6.07, 6.45) is 6.86. The molecule has 1 aromatic carbocycles. The monoisotopic (exact) mass is 243 g/mol. The highest BCUT2D eigenvalue weighted by molar-refractivity contribution is 5.81. The van der Waals surface area contributed by atoms with Crippen LogP contribution in [0.4, 0.5) is 0 Å². The Morgan fingerprint density at radius 1 is 1.22 bits per heavy atom. The Labute approximate surface area is 109 Å². The SMILES string of the molecule is Cc1ccccc1CC(=O)N1CCC12CCCC2. The van der Waals surface area contributed by atoms with Gasteiger partial charge < -0.3 is 4.90 Å². The lowest BCUT2D eigenvalue weighted by molar-refractivity contribution is -0.146. The summed E-state index contributed by atoms with van der Waals surface area (Å²) in [7, 11) is 0. The van der Waals surface area contributed by atoms with E-state index in [0.29, 0.717) is 12.3 Å². The molecule has 1 saturated carbocycles. The maximum Gasteiger partial charge on any atom is 0.227 e. The number of amides is 1. The minimum Gasteiger partial charge on any atom is -0.337 e. The zero-order valence-electron chi connectivity index (χ0n) is 11.1. The molecule has 96 valence electrons. The molecule has 1 aromatic rings. The Hall–Kier alpha value is -1.31. The summed E-state index contributed by atoms with van der Waals surface area (Å²) in [5.41, 5.74) is 2.68. The second-order valence-electron chi connectivity index (χ2n) is 5.83. The predicted molar refractivity (Wildman–Crippen MR) is 72.4 cm³/mol. The zero-order valence-corrected chi connectivity index (χ0v) is 11.1. The highest BCUT2D eigenvalue weighted by atomic mass is 16.2.